The van der Waals surface area contributed by atoms with Crippen molar-refractivity contribution in [2.45, 2.75) is 38.5 Å². The van der Waals surface area contributed by atoms with Crippen LogP contribution in [-0.2, 0) is 18.3 Å². The number of hydrogen-bond donors (Lipinski definition) is 1. The predicted octanol–water partition coefficient (Wildman–Crippen LogP) is 7.19. The van der Waals surface area contributed by atoms with Gasteiger partial charge in [0.2, 0.25) is 0 Å². The summed E-state index contributed by atoms with van der Waals surface area (Å²) in [5, 5.41) is 3.14. The highest BCUT2D eigenvalue weighted by molar-refractivity contribution is 5.76. The van der Waals surface area contributed by atoms with E-state index < -0.39 is 23.0 Å². The number of nitrogens with one attached hydrogen (secondary N) is 1. The fourth-order valence-corrected chi connectivity index (χ4v) is 3.29. The minimum absolute atomic E-state index is 0.252. The lowest BCUT2D eigenvalue weighted by molar-refractivity contribution is 0.0104. The van der Waals surface area contributed by atoms with Crippen LogP contribution in [0.25, 0.3) is 5.57 Å². The second kappa shape index (κ2) is 9.33. The number of hydrogen-bond acceptors (Lipinski definition) is 1. The van der Waals surface area contributed by atoms with Crippen LogP contribution in [0.5, 0.6) is 0 Å². The molecule has 0 fully saturated rings. The lowest BCUT2D eigenvalue weighted by Crippen LogP contribution is -2.13. The van der Waals surface area contributed by atoms with Crippen molar-refractivity contribution >= 4 is 5.57 Å². The van der Waals surface area contributed by atoms with Gasteiger partial charge in [-0.25, -0.2) is 17.6 Å². The predicted molar refractivity (Wildman–Crippen MR) is 116 cm³/mol. The van der Waals surface area contributed by atoms with Crippen LogP contribution in [-0.4, -0.2) is 7.05 Å². The molecule has 0 saturated carbocycles. The van der Waals surface area contributed by atoms with Crippen LogP contribution in [0, 0.1) is 0 Å². The number of halogens is 4. The van der Waals surface area contributed by atoms with Crippen molar-refractivity contribution in [3.63, 3.8) is 0 Å². The molecule has 0 aliphatic rings. The maximum atomic E-state index is 13.9. The van der Waals surface area contributed by atoms with Gasteiger partial charge in [-0.05, 0) is 41.3 Å². The van der Waals surface area contributed by atoms with E-state index in [4.69, 9.17) is 0 Å². The molecule has 0 spiro atoms. The molecule has 1 nitrogen and oxygen atoms in total. The van der Waals surface area contributed by atoms with E-state index in [1.54, 1.807) is 12.2 Å². The van der Waals surface area contributed by atoms with Crippen molar-refractivity contribution < 1.29 is 17.6 Å². The molecule has 0 unspecified atom stereocenters. The Kier molecular flexibility index (Phi) is 7.30. The van der Waals surface area contributed by atoms with E-state index in [2.05, 4.69) is 18.5 Å². The molecule has 0 aromatic heterocycles. The van der Waals surface area contributed by atoms with Crippen molar-refractivity contribution in [2.24, 2.45) is 0 Å². The Hall–Kier alpha value is -2.82. The third-order valence-electron chi connectivity index (χ3n) is 4.83. The van der Waals surface area contributed by atoms with Crippen LogP contribution in [0.15, 0.2) is 73.5 Å². The molecule has 0 heterocycles. The monoisotopic (exact) mass is 417 g/mol. The van der Waals surface area contributed by atoms with Gasteiger partial charge in [0.05, 0.1) is 0 Å². The lowest BCUT2D eigenvalue weighted by Gasteiger charge is -2.18. The molecule has 0 atom stereocenters. The summed E-state index contributed by atoms with van der Waals surface area (Å²) in [7, 11) is 1.81. The smallest absolute Gasteiger partial charge is 0.270 e. The molecule has 2 aromatic carbocycles. The highest BCUT2D eigenvalue weighted by Crippen LogP contribution is 2.35. The Morgan fingerprint density at radius 3 is 2.00 bits per heavy atom. The van der Waals surface area contributed by atoms with Gasteiger partial charge >= 0.3 is 0 Å². The number of rotatable bonds is 9. The summed E-state index contributed by atoms with van der Waals surface area (Å²) in [5.74, 6) is -6.41. The van der Waals surface area contributed by atoms with Gasteiger partial charge < -0.3 is 5.32 Å². The molecule has 0 bridgehead atoms. The number of benzene rings is 2. The van der Waals surface area contributed by atoms with Gasteiger partial charge in [0.25, 0.3) is 11.8 Å². The van der Waals surface area contributed by atoms with Crippen LogP contribution >= 0.6 is 0 Å². The maximum absolute atomic E-state index is 13.9. The topological polar surface area (TPSA) is 12.0 Å². The van der Waals surface area contributed by atoms with Gasteiger partial charge in [0.1, 0.15) is 0 Å². The van der Waals surface area contributed by atoms with Crippen LogP contribution in [0.2, 0.25) is 0 Å². The summed E-state index contributed by atoms with van der Waals surface area (Å²) >= 11 is 0. The Bertz CT molecular complexity index is 914. The average molecular weight is 417 g/mol. The Morgan fingerprint density at radius 2 is 1.53 bits per heavy atom. The molecule has 0 saturated heterocycles. The third kappa shape index (κ3) is 5.85. The molecular weight excluding hydrogens is 390 g/mol. The zero-order chi connectivity index (χ0) is 22.5. The summed E-state index contributed by atoms with van der Waals surface area (Å²) in [4.78, 5) is 0. The van der Waals surface area contributed by atoms with Crippen LogP contribution < -0.4 is 5.32 Å². The van der Waals surface area contributed by atoms with Crippen molar-refractivity contribution in [1.82, 2.24) is 5.32 Å². The summed E-state index contributed by atoms with van der Waals surface area (Å²) in [6.07, 6.45) is 4.40. The standard InChI is InChI=1S/C25H27F4N/c1-6-9-23(30-5)22(7-2)19-11-8-10-17(13-19)12-18-14-20(24(3,26)27)16-21(15-18)25(4,28)29/h6-8,10-11,13-16,30H,1-2,9,12H2,3-5H3/b23-22+. The summed E-state index contributed by atoms with van der Waals surface area (Å²) in [6, 6.07) is 11.0. The maximum Gasteiger partial charge on any atom is 0.270 e. The molecule has 5 heteroatoms. The molecule has 0 amide bonds. The van der Waals surface area contributed by atoms with E-state index in [-0.39, 0.29) is 6.42 Å². The SMILES string of the molecule is C=CC/C(NC)=C(/C=C)c1cccc(Cc2cc(C(C)(F)F)cc(C(C)(F)F)c2)c1. The second-order valence-electron chi connectivity index (χ2n) is 7.41. The molecule has 0 aliphatic heterocycles. The average Bonchev–Trinajstić information content (AvgIpc) is 2.66. The van der Waals surface area contributed by atoms with Crippen molar-refractivity contribution in [3.05, 3.63) is 101 Å². The van der Waals surface area contributed by atoms with E-state index in [0.29, 0.717) is 25.8 Å². The van der Waals surface area contributed by atoms with Crippen LogP contribution in [0.1, 0.15) is 48.1 Å². The van der Waals surface area contributed by atoms with Crippen LogP contribution in [0.4, 0.5) is 17.6 Å². The molecule has 1 N–H and O–H groups in total. The first-order valence-electron chi connectivity index (χ1n) is 9.63. The quantitative estimate of drug-likeness (QED) is 0.259. The van der Waals surface area contributed by atoms with Gasteiger partial charge in [-0.3, -0.25) is 0 Å². The second-order valence-corrected chi connectivity index (χ2v) is 7.41. The molecule has 0 radical (unpaired) electrons. The first kappa shape index (κ1) is 23.5. The fourth-order valence-electron chi connectivity index (χ4n) is 3.29. The lowest BCUT2D eigenvalue weighted by atomic mass is 9.93. The zero-order valence-corrected chi connectivity index (χ0v) is 17.5. The van der Waals surface area contributed by atoms with E-state index >= 15 is 0 Å². The highest BCUT2D eigenvalue weighted by atomic mass is 19.3. The summed E-state index contributed by atoms with van der Waals surface area (Å²) < 4.78 is 55.5. The number of allylic oxidation sites excluding steroid dienone is 3. The van der Waals surface area contributed by atoms with E-state index in [9.17, 15) is 17.6 Å². The van der Waals surface area contributed by atoms with E-state index in [1.807, 2.05) is 31.3 Å². The Balaban J connectivity index is 2.50. The largest absolute Gasteiger partial charge is 0.391 e. The fraction of sp³-hybridized carbons (Fsp3) is 0.280. The zero-order valence-electron chi connectivity index (χ0n) is 17.5. The van der Waals surface area contributed by atoms with Crippen molar-refractivity contribution in [1.29, 1.82) is 0 Å². The molecule has 30 heavy (non-hydrogen) atoms. The highest BCUT2D eigenvalue weighted by Gasteiger charge is 2.30. The molecular formula is C25H27F4N. The van der Waals surface area contributed by atoms with Crippen LogP contribution in [0.3, 0.4) is 0 Å². The summed E-state index contributed by atoms with van der Waals surface area (Å²) in [5.41, 5.74) is 3.14. The van der Waals surface area contributed by atoms with Gasteiger partial charge in [-0.15, -0.1) is 6.58 Å². The van der Waals surface area contributed by atoms with Gasteiger partial charge in [0, 0.05) is 49.7 Å². The minimum Gasteiger partial charge on any atom is -0.391 e. The van der Waals surface area contributed by atoms with Gasteiger partial charge in [0.15, 0.2) is 0 Å². The first-order chi connectivity index (χ1) is 14.0. The number of alkyl halides is 4. The molecule has 2 rings (SSSR count). The molecule has 2 aromatic rings. The Labute approximate surface area is 175 Å². The first-order valence-corrected chi connectivity index (χ1v) is 9.63. The third-order valence-corrected chi connectivity index (χ3v) is 4.83. The van der Waals surface area contributed by atoms with Gasteiger partial charge in [-0.2, -0.15) is 0 Å². The van der Waals surface area contributed by atoms with E-state index in [1.165, 1.54) is 12.1 Å². The van der Waals surface area contributed by atoms with E-state index in [0.717, 1.165) is 28.5 Å². The molecule has 160 valence electrons. The normalized spacial score (nSPS) is 12.9. The van der Waals surface area contributed by atoms with Gasteiger partial charge in [-0.1, -0.05) is 43.0 Å². The van der Waals surface area contributed by atoms with Crippen molar-refractivity contribution in [2.75, 3.05) is 7.05 Å². The minimum atomic E-state index is -3.21. The molecule has 0 aliphatic carbocycles. The van der Waals surface area contributed by atoms with Crippen molar-refractivity contribution in [3.8, 4) is 0 Å². The Morgan fingerprint density at radius 1 is 0.933 bits per heavy atom. The summed E-state index contributed by atoms with van der Waals surface area (Å²) in [6.45, 7) is 9.06.